The average molecular weight is 344 g/mol. The van der Waals surface area contributed by atoms with Gasteiger partial charge in [0.05, 0.1) is 11.3 Å². The lowest BCUT2D eigenvalue weighted by Gasteiger charge is -2.33. The zero-order chi connectivity index (χ0) is 18.0. The van der Waals surface area contributed by atoms with Crippen molar-refractivity contribution in [1.29, 1.82) is 0 Å². The van der Waals surface area contributed by atoms with E-state index in [9.17, 15) is 4.79 Å². The van der Waals surface area contributed by atoms with E-state index in [1.54, 1.807) is 6.33 Å². The predicted molar refractivity (Wildman–Crippen MR) is 98.7 cm³/mol. The van der Waals surface area contributed by atoms with E-state index in [0.717, 1.165) is 54.9 Å². The van der Waals surface area contributed by atoms with Crippen LogP contribution in [0.3, 0.4) is 0 Å². The third kappa shape index (κ3) is 3.78. The van der Waals surface area contributed by atoms with Crippen molar-refractivity contribution in [1.82, 2.24) is 15.3 Å². The summed E-state index contributed by atoms with van der Waals surface area (Å²) in [6.45, 7) is 10.7. The molecule has 1 aliphatic rings. The summed E-state index contributed by atoms with van der Waals surface area (Å²) in [5.74, 6) is 2.54. The molecule has 1 amide bonds. The lowest BCUT2D eigenvalue weighted by molar-refractivity contribution is -0.125. The number of anilines is 1. The molecule has 0 aromatic carbocycles. The maximum atomic E-state index is 12.5. The molecule has 2 aromatic rings. The molecular weight excluding hydrogens is 316 g/mol. The Bertz CT molecular complexity index is 753. The van der Waals surface area contributed by atoms with Gasteiger partial charge in [-0.3, -0.25) is 4.79 Å². The highest BCUT2D eigenvalue weighted by Crippen LogP contribution is 2.32. The summed E-state index contributed by atoms with van der Waals surface area (Å²) in [5.41, 5.74) is 1.71. The van der Waals surface area contributed by atoms with Crippen molar-refractivity contribution in [2.24, 2.45) is 11.8 Å². The van der Waals surface area contributed by atoms with Crippen LogP contribution in [0.2, 0.25) is 0 Å². The van der Waals surface area contributed by atoms with Crippen molar-refractivity contribution in [2.45, 2.75) is 47.0 Å². The number of nitrogens with zero attached hydrogens (tertiary/aromatic N) is 3. The molecule has 0 spiro atoms. The second kappa shape index (κ2) is 7.42. The second-order valence-electron chi connectivity index (χ2n) is 7.42. The summed E-state index contributed by atoms with van der Waals surface area (Å²) in [4.78, 5) is 23.5. The van der Waals surface area contributed by atoms with E-state index in [0.29, 0.717) is 18.2 Å². The molecule has 2 aromatic heterocycles. The highest BCUT2D eigenvalue weighted by atomic mass is 16.3. The van der Waals surface area contributed by atoms with Gasteiger partial charge in [0.1, 0.15) is 17.9 Å². The Balaban J connectivity index is 1.75. The van der Waals surface area contributed by atoms with Crippen molar-refractivity contribution < 1.29 is 9.21 Å². The fraction of sp³-hybridized carbons (Fsp3) is 0.632. The van der Waals surface area contributed by atoms with Crippen LogP contribution in [-0.2, 0) is 4.79 Å². The summed E-state index contributed by atoms with van der Waals surface area (Å²) in [7, 11) is 0. The van der Waals surface area contributed by atoms with Crippen molar-refractivity contribution in [3.05, 3.63) is 17.7 Å². The Hall–Kier alpha value is -2.11. The number of piperidine rings is 1. The van der Waals surface area contributed by atoms with Crippen LogP contribution in [0.4, 0.5) is 5.82 Å². The fourth-order valence-corrected chi connectivity index (χ4v) is 3.42. The standard InChI is InChI=1S/C19H28N4O2/c1-12(2)7-8-20-18(24)15-6-5-9-23(10-15)17-16-13(3)14(4)25-19(16)22-11-21-17/h11-12,15H,5-10H2,1-4H3,(H,20,24). The van der Waals surface area contributed by atoms with Crippen LogP contribution in [0.1, 0.15) is 44.4 Å². The van der Waals surface area contributed by atoms with E-state index >= 15 is 0 Å². The average Bonchev–Trinajstić information content (AvgIpc) is 2.89. The smallest absolute Gasteiger partial charge is 0.231 e. The van der Waals surface area contributed by atoms with Gasteiger partial charge in [0.2, 0.25) is 11.6 Å². The highest BCUT2D eigenvalue weighted by Gasteiger charge is 2.28. The quantitative estimate of drug-likeness (QED) is 0.902. The Morgan fingerprint density at radius 2 is 2.20 bits per heavy atom. The van der Waals surface area contributed by atoms with Crippen molar-refractivity contribution >= 4 is 22.8 Å². The maximum absolute atomic E-state index is 12.5. The summed E-state index contributed by atoms with van der Waals surface area (Å²) in [6.07, 6.45) is 4.49. The zero-order valence-corrected chi connectivity index (χ0v) is 15.6. The van der Waals surface area contributed by atoms with Gasteiger partial charge in [0.15, 0.2) is 0 Å². The molecule has 1 fully saturated rings. The Morgan fingerprint density at radius 3 is 2.96 bits per heavy atom. The topological polar surface area (TPSA) is 71.3 Å². The molecule has 6 heteroatoms. The molecule has 0 radical (unpaired) electrons. The first-order valence-electron chi connectivity index (χ1n) is 9.20. The van der Waals surface area contributed by atoms with E-state index in [4.69, 9.17) is 4.42 Å². The number of amides is 1. The molecule has 0 bridgehead atoms. The van der Waals surface area contributed by atoms with Gasteiger partial charge in [-0.1, -0.05) is 13.8 Å². The van der Waals surface area contributed by atoms with E-state index < -0.39 is 0 Å². The highest BCUT2D eigenvalue weighted by molar-refractivity contribution is 5.90. The third-order valence-electron chi connectivity index (χ3n) is 5.06. The van der Waals surface area contributed by atoms with E-state index in [2.05, 4.69) is 34.0 Å². The minimum absolute atomic E-state index is 0.0132. The Labute approximate surface area is 149 Å². The summed E-state index contributed by atoms with van der Waals surface area (Å²) in [6, 6.07) is 0. The molecule has 0 aliphatic carbocycles. The van der Waals surface area contributed by atoms with Gasteiger partial charge >= 0.3 is 0 Å². The molecule has 136 valence electrons. The first kappa shape index (κ1) is 17.7. The normalized spacial score (nSPS) is 18.1. The number of nitrogens with one attached hydrogen (secondary N) is 1. The van der Waals surface area contributed by atoms with Crippen LogP contribution in [0.15, 0.2) is 10.7 Å². The first-order valence-corrected chi connectivity index (χ1v) is 9.20. The van der Waals surface area contributed by atoms with Crippen LogP contribution < -0.4 is 10.2 Å². The minimum atomic E-state index is 0.0132. The van der Waals surface area contributed by atoms with Crippen molar-refractivity contribution in [3.63, 3.8) is 0 Å². The summed E-state index contributed by atoms with van der Waals surface area (Å²) in [5, 5.41) is 4.06. The molecule has 3 heterocycles. The molecule has 1 atom stereocenters. The monoisotopic (exact) mass is 344 g/mol. The van der Waals surface area contributed by atoms with Crippen LogP contribution in [0.25, 0.3) is 11.1 Å². The molecule has 3 rings (SSSR count). The van der Waals surface area contributed by atoms with Crippen LogP contribution in [-0.4, -0.2) is 35.5 Å². The number of fused-ring (bicyclic) bond motifs is 1. The van der Waals surface area contributed by atoms with Gasteiger partial charge in [-0.25, -0.2) is 9.97 Å². The number of hydrogen-bond donors (Lipinski definition) is 1. The molecular formula is C19H28N4O2. The largest absolute Gasteiger partial charge is 0.443 e. The molecule has 1 N–H and O–H groups in total. The number of carbonyl (C=O) groups excluding carboxylic acids is 1. The third-order valence-corrected chi connectivity index (χ3v) is 5.06. The summed E-state index contributed by atoms with van der Waals surface area (Å²) >= 11 is 0. The van der Waals surface area contributed by atoms with Gasteiger partial charge in [-0.15, -0.1) is 0 Å². The van der Waals surface area contributed by atoms with Crippen molar-refractivity contribution in [2.75, 3.05) is 24.5 Å². The summed E-state index contributed by atoms with van der Waals surface area (Å²) < 4.78 is 5.72. The second-order valence-corrected chi connectivity index (χ2v) is 7.42. The molecule has 25 heavy (non-hydrogen) atoms. The number of aromatic nitrogens is 2. The van der Waals surface area contributed by atoms with Gasteiger partial charge in [-0.2, -0.15) is 0 Å². The molecule has 0 saturated carbocycles. The fourth-order valence-electron chi connectivity index (χ4n) is 3.42. The molecule has 1 aliphatic heterocycles. The van der Waals surface area contributed by atoms with Gasteiger partial charge in [0.25, 0.3) is 0 Å². The van der Waals surface area contributed by atoms with Crippen LogP contribution >= 0.6 is 0 Å². The number of carbonyl (C=O) groups is 1. The zero-order valence-electron chi connectivity index (χ0n) is 15.6. The van der Waals surface area contributed by atoms with Crippen LogP contribution in [0, 0.1) is 25.7 Å². The lowest BCUT2D eigenvalue weighted by Crippen LogP contribution is -2.43. The molecule has 1 unspecified atom stereocenters. The minimum Gasteiger partial charge on any atom is -0.443 e. The Kier molecular flexibility index (Phi) is 5.25. The Morgan fingerprint density at radius 1 is 1.40 bits per heavy atom. The number of rotatable bonds is 5. The predicted octanol–water partition coefficient (Wildman–Crippen LogP) is 3.22. The SMILES string of the molecule is Cc1oc2ncnc(N3CCCC(C(=O)NCCC(C)C)C3)c2c1C. The van der Waals surface area contributed by atoms with E-state index in [1.807, 2.05) is 13.8 Å². The molecule has 1 saturated heterocycles. The first-order chi connectivity index (χ1) is 12.0. The van der Waals surface area contributed by atoms with E-state index in [-0.39, 0.29) is 11.8 Å². The number of furan rings is 1. The van der Waals surface area contributed by atoms with E-state index in [1.165, 1.54) is 0 Å². The lowest BCUT2D eigenvalue weighted by atomic mass is 9.96. The maximum Gasteiger partial charge on any atom is 0.231 e. The number of hydrogen-bond acceptors (Lipinski definition) is 5. The van der Waals surface area contributed by atoms with Gasteiger partial charge < -0.3 is 14.6 Å². The number of aryl methyl sites for hydroxylation is 2. The molecule has 6 nitrogen and oxygen atoms in total. The van der Waals surface area contributed by atoms with Crippen LogP contribution in [0.5, 0.6) is 0 Å². The van der Waals surface area contributed by atoms with Gasteiger partial charge in [-0.05, 0) is 39.0 Å². The van der Waals surface area contributed by atoms with Gasteiger partial charge in [0, 0.05) is 25.2 Å². The van der Waals surface area contributed by atoms with Crippen molar-refractivity contribution in [3.8, 4) is 0 Å².